The molecule has 2 heterocycles. The molecule has 0 saturated heterocycles. The Kier molecular flexibility index (Phi) is 3.77. The lowest BCUT2D eigenvalue weighted by Gasteiger charge is -2.02. The van der Waals surface area contributed by atoms with E-state index in [-0.39, 0.29) is 5.91 Å². The molecule has 0 radical (unpaired) electrons. The summed E-state index contributed by atoms with van der Waals surface area (Å²) in [6.07, 6.45) is 0.308. The summed E-state index contributed by atoms with van der Waals surface area (Å²) >= 11 is 1.50. The van der Waals surface area contributed by atoms with Crippen LogP contribution in [0.4, 0.5) is 5.13 Å². The lowest BCUT2D eigenvalue weighted by molar-refractivity contribution is -0.115. The van der Waals surface area contributed by atoms with Gasteiger partial charge in [-0.15, -0.1) is 0 Å². The monoisotopic (exact) mass is 350 g/mol. The van der Waals surface area contributed by atoms with Gasteiger partial charge in [-0.25, -0.2) is 4.98 Å². The van der Waals surface area contributed by atoms with E-state index in [0.29, 0.717) is 11.6 Å². The number of thiazole rings is 1. The highest BCUT2D eigenvalue weighted by atomic mass is 32.1. The van der Waals surface area contributed by atoms with E-state index in [2.05, 4.69) is 39.7 Å². The van der Waals surface area contributed by atoms with E-state index in [4.69, 9.17) is 0 Å². The fourth-order valence-electron chi connectivity index (χ4n) is 3.11. The molecule has 0 bridgehead atoms. The first kappa shape index (κ1) is 15.8. The maximum atomic E-state index is 12.5. The first-order chi connectivity index (χ1) is 12.0. The number of aryl methyl sites for hydroxylation is 2. The molecule has 4 aromatic rings. The molecule has 0 fully saturated rings. The van der Waals surface area contributed by atoms with Crippen molar-refractivity contribution < 1.29 is 4.79 Å². The Morgan fingerprint density at radius 1 is 1.20 bits per heavy atom. The second-order valence-corrected chi connectivity index (χ2v) is 7.18. The lowest BCUT2D eigenvalue weighted by atomic mass is 10.1. The van der Waals surface area contributed by atoms with E-state index in [1.54, 1.807) is 0 Å². The van der Waals surface area contributed by atoms with Crippen LogP contribution in [0.3, 0.4) is 0 Å². The largest absolute Gasteiger partial charge is 0.302 e. The van der Waals surface area contributed by atoms with Crippen molar-refractivity contribution in [2.45, 2.75) is 20.3 Å². The summed E-state index contributed by atoms with van der Waals surface area (Å²) in [4.78, 5) is 17.1. The number of anilines is 1. The van der Waals surface area contributed by atoms with Crippen LogP contribution in [0, 0.1) is 13.8 Å². The predicted octanol–water partition coefficient (Wildman–Crippen LogP) is 3.98. The SMILES string of the molecule is Cc1nn(C)c(C)c1CC(=O)Nc1nc2c(ccc3ccccc32)s1. The van der Waals surface area contributed by atoms with Gasteiger partial charge in [-0.3, -0.25) is 9.48 Å². The molecule has 0 atom stereocenters. The Labute approximate surface area is 149 Å². The van der Waals surface area contributed by atoms with Crippen molar-refractivity contribution in [3.05, 3.63) is 53.3 Å². The van der Waals surface area contributed by atoms with Crippen LogP contribution in [0.1, 0.15) is 17.0 Å². The van der Waals surface area contributed by atoms with Crippen molar-refractivity contribution >= 4 is 43.4 Å². The topological polar surface area (TPSA) is 59.8 Å². The molecule has 5 nitrogen and oxygen atoms in total. The number of carbonyl (C=O) groups excluding carboxylic acids is 1. The second kappa shape index (κ2) is 5.97. The van der Waals surface area contributed by atoms with Crippen LogP contribution in [0.2, 0.25) is 0 Å². The Bertz CT molecular complexity index is 1110. The van der Waals surface area contributed by atoms with Gasteiger partial charge in [-0.1, -0.05) is 41.7 Å². The minimum Gasteiger partial charge on any atom is -0.302 e. The third kappa shape index (κ3) is 2.78. The van der Waals surface area contributed by atoms with Crippen LogP contribution in [-0.2, 0) is 18.3 Å². The lowest BCUT2D eigenvalue weighted by Crippen LogP contribution is -2.15. The Hall–Kier alpha value is -2.73. The van der Waals surface area contributed by atoms with Gasteiger partial charge in [0.25, 0.3) is 0 Å². The summed E-state index contributed by atoms with van der Waals surface area (Å²) in [6, 6.07) is 12.3. The van der Waals surface area contributed by atoms with Gasteiger partial charge < -0.3 is 5.32 Å². The second-order valence-electron chi connectivity index (χ2n) is 6.15. The molecule has 25 heavy (non-hydrogen) atoms. The number of carbonyl (C=O) groups is 1. The van der Waals surface area contributed by atoms with E-state index in [1.807, 2.05) is 37.7 Å². The zero-order chi connectivity index (χ0) is 17.6. The number of aromatic nitrogens is 3. The van der Waals surface area contributed by atoms with Crippen molar-refractivity contribution in [2.24, 2.45) is 7.05 Å². The molecule has 0 aliphatic heterocycles. The van der Waals surface area contributed by atoms with Crippen molar-refractivity contribution in [2.75, 3.05) is 5.32 Å². The quantitative estimate of drug-likeness (QED) is 0.608. The van der Waals surface area contributed by atoms with Crippen LogP contribution in [0.25, 0.3) is 21.0 Å². The Morgan fingerprint density at radius 3 is 2.76 bits per heavy atom. The maximum absolute atomic E-state index is 12.5. The molecule has 0 spiro atoms. The van der Waals surface area contributed by atoms with E-state index < -0.39 is 0 Å². The van der Waals surface area contributed by atoms with E-state index >= 15 is 0 Å². The molecule has 4 rings (SSSR count). The Balaban J connectivity index is 1.62. The number of hydrogen-bond donors (Lipinski definition) is 1. The van der Waals surface area contributed by atoms with Crippen LogP contribution in [0.5, 0.6) is 0 Å². The summed E-state index contributed by atoms with van der Waals surface area (Å²) in [5.74, 6) is -0.0671. The Morgan fingerprint density at radius 2 is 2.00 bits per heavy atom. The highest BCUT2D eigenvalue weighted by molar-refractivity contribution is 7.22. The summed E-state index contributed by atoms with van der Waals surface area (Å²) in [5, 5.41) is 10.2. The van der Waals surface area contributed by atoms with E-state index in [1.165, 1.54) is 11.3 Å². The molecule has 126 valence electrons. The minimum atomic E-state index is -0.0671. The number of fused-ring (bicyclic) bond motifs is 3. The first-order valence-electron chi connectivity index (χ1n) is 8.10. The highest BCUT2D eigenvalue weighted by Gasteiger charge is 2.15. The molecular weight excluding hydrogens is 332 g/mol. The zero-order valence-electron chi connectivity index (χ0n) is 14.3. The smallest absolute Gasteiger partial charge is 0.230 e. The first-order valence-corrected chi connectivity index (χ1v) is 8.92. The van der Waals surface area contributed by atoms with E-state index in [0.717, 1.165) is 37.9 Å². The number of amides is 1. The summed E-state index contributed by atoms with van der Waals surface area (Å²) in [5.41, 5.74) is 3.83. The van der Waals surface area contributed by atoms with Gasteiger partial charge >= 0.3 is 0 Å². The van der Waals surface area contributed by atoms with Crippen LogP contribution in [-0.4, -0.2) is 20.7 Å². The van der Waals surface area contributed by atoms with Gasteiger partial charge in [0.1, 0.15) is 0 Å². The van der Waals surface area contributed by atoms with Gasteiger partial charge in [0.2, 0.25) is 5.91 Å². The fraction of sp³-hybridized carbons (Fsp3) is 0.211. The fourth-order valence-corrected chi connectivity index (χ4v) is 4.01. The average Bonchev–Trinajstić information content (AvgIpc) is 3.10. The third-order valence-corrected chi connectivity index (χ3v) is 5.46. The average molecular weight is 350 g/mol. The van der Waals surface area contributed by atoms with Crippen LogP contribution < -0.4 is 5.32 Å². The molecule has 6 heteroatoms. The molecule has 2 aromatic heterocycles. The normalized spacial score (nSPS) is 11.3. The zero-order valence-corrected chi connectivity index (χ0v) is 15.1. The number of benzene rings is 2. The van der Waals surface area contributed by atoms with Gasteiger partial charge in [0.15, 0.2) is 5.13 Å². The molecule has 0 aliphatic carbocycles. The highest BCUT2D eigenvalue weighted by Crippen LogP contribution is 2.31. The van der Waals surface area contributed by atoms with Gasteiger partial charge in [0, 0.05) is 23.7 Å². The minimum absolute atomic E-state index is 0.0671. The number of hydrogen-bond acceptors (Lipinski definition) is 4. The van der Waals surface area contributed by atoms with Gasteiger partial charge in [-0.05, 0) is 25.3 Å². The van der Waals surface area contributed by atoms with Crippen LogP contribution in [0.15, 0.2) is 36.4 Å². The van der Waals surface area contributed by atoms with Gasteiger partial charge in [0.05, 0.1) is 22.3 Å². The number of nitrogens with one attached hydrogen (secondary N) is 1. The summed E-state index contributed by atoms with van der Waals surface area (Å²) < 4.78 is 2.88. The molecule has 2 aromatic carbocycles. The summed E-state index contributed by atoms with van der Waals surface area (Å²) in [7, 11) is 1.89. The maximum Gasteiger partial charge on any atom is 0.230 e. The standard InChI is InChI=1S/C19H18N4OS/c1-11-15(12(2)23(3)22-11)10-17(24)20-19-21-18-14-7-5-4-6-13(14)8-9-16(18)25-19/h4-9H,10H2,1-3H3,(H,20,21,24). The van der Waals surface area contributed by atoms with Gasteiger partial charge in [-0.2, -0.15) is 5.10 Å². The molecule has 0 saturated carbocycles. The molecule has 0 aliphatic rings. The third-order valence-electron chi connectivity index (χ3n) is 4.53. The molecule has 1 N–H and O–H groups in total. The van der Waals surface area contributed by atoms with E-state index in [9.17, 15) is 4.79 Å². The van der Waals surface area contributed by atoms with Crippen molar-refractivity contribution in [1.29, 1.82) is 0 Å². The van der Waals surface area contributed by atoms with Crippen LogP contribution >= 0.6 is 11.3 Å². The number of nitrogens with zero attached hydrogens (tertiary/aromatic N) is 3. The van der Waals surface area contributed by atoms with Crippen molar-refractivity contribution in [1.82, 2.24) is 14.8 Å². The van der Waals surface area contributed by atoms with Crippen molar-refractivity contribution in [3.8, 4) is 0 Å². The summed E-state index contributed by atoms with van der Waals surface area (Å²) in [6.45, 7) is 3.91. The molecule has 0 unspecified atom stereocenters. The molecule has 1 amide bonds. The predicted molar refractivity (Wildman–Crippen MR) is 102 cm³/mol. The molecular formula is C19H18N4OS. The number of rotatable bonds is 3. The van der Waals surface area contributed by atoms with Crippen molar-refractivity contribution in [3.63, 3.8) is 0 Å².